The predicted octanol–water partition coefficient (Wildman–Crippen LogP) is 4.92. The van der Waals surface area contributed by atoms with Gasteiger partial charge in [-0.2, -0.15) is 0 Å². The van der Waals surface area contributed by atoms with E-state index in [1.807, 2.05) is 128 Å². The first-order valence-electron chi connectivity index (χ1n) is 47.2. The van der Waals surface area contributed by atoms with Gasteiger partial charge < -0.3 is 75.9 Å². The molecule has 11 N–H and O–H groups in total. The molecule has 1 radical (unpaired) electrons. The number of carbonyl (C=O) groups is 10. The molecular formula is C95H146LuN20O21. The molecule has 0 atom stereocenters. The van der Waals surface area contributed by atoms with Gasteiger partial charge in [0.05, 0.1) is 63.5 Å². The summed E-state index contributed by atoms with van der Waals surface area (Å²) in [6.45, 7) is 41.6. The number of aromatic hydroxyl groups is 4. The molecule has 41 nitrogen and oxygen atoms in total. The number of nitrogens with zero attached hydrogens (tertiary/aromatic N) is 17. The van der Waals surface area contributed by atoms with Crippen molar-refractivity contribution >= 4 is 59.5 Å². The number of carboxylic acids is 4. The summed E-state index contributed by atoms with van der Waals surface area (Å²) in [5.41, 5.74) is 3.60. The Morgan fingerprint density at radius 1 is 0.380 bits per heavy atom. The van der Waals surface area contributed by atoms with Crippen molar-refractivity contribution in [3.63, 3.8) is 0 Å². The van der Waals surface area contributed by atoms with Crippen LogP contribution in [0.15, 0.2) is 72.8 Å². The first-order chi connectivity index (χ1) is 64.7. The van der Waals surface area contributed by atoms with Gasteiger partial charge in [0.15, 0.2) is 11.6 Å². The summed E-state index contributed by atoms with van der Waals surface area (Å²) in [5, 5.41) is 106. The van der Waals surface area contributed by atoms with Crippen LogP contribution in [-0.2, 0) is 65.7 Å². The second-order valence-electron chi connectivity index (χ2n) is 37.8. The monoisotopic (exact) mass is 2080 g/mol. The van der Waals surface area contributed by atoms with Crippen molar-refractivity contribution in [1.82, 2.24) is 99.4 Å². The molecule has 3 amide bonds. The van der Waals surface area contributed by atoms with E-state index in [9.17, 15) is 88.8 Å². The van der Waals surface area contributed by atoms with Gasteiger partial charge >= 0.3 is 41.8 Å². The van der Waals surface area contributed by atoms with Crippen molar-refractivity contribution in [3.05, 3.63) is 107 Å². The van der Waals surface area contributed by atoms with Crippen molar-refractivity contribution in [2.24, 2.45) is 0 Å². The molecular weight excluding hydrogens is 1930 g/mol. The summed E-state index contributed by atoms with van der Waals surface area (Å²) in [7, 11) is 1.25. The number of benzene rings is 4. The molecule has 4 saturated heterocycles. The van der Waals surface area contributed by atoms with Gasteiger partial charge in [-0.1, -0.05) is 59.4 Å². The van der Waals surface area contributed by atoms with E-state index < -0.39 is 46.6 Å². The average molecular weight is 2080 g/mol. The Balaban J connectivity index is 0.000000330. The second kappa shape index (κ2) is 55.0. The number of phenols is 4. The number of hydrogen-bond donors (Lipinski definition) is 11. The molecule has 0 saturated carbocycles. The molecule has 0 spiro atoms. The molecule has 6 heterocycles. The number of carboxylic acid groups (broad SMARTS) is 4. The number of piperazine rings is 2. The number of rotatable bonds is 30. The average Bonchev–Trinajstić information content (AvgIpc) is 1.61. The van der Waals surface area contributed by atoms with Crippen molar-refractivity contribution in [2.75, 3.05) is 223 Å². The zero-order valence-electron chi connectivity index (χ0n) is 83.3. The minimum atomic E-state index is -1.02. The fourth-order valence-electron chi connectivity index (χ4n) is 15.8. The van der Waals surface area contributed by atoms with Crippen LogP contribution in [0.5, 0.6) is 23.0 Å². The van der Waals surface area contributed by atoms with E-state index in [0.717, 1.165) is 38.3 Å². The van der Waals surface area contributed by atoms with Crippen LogP contribution < -0.4 is 16.0 Å². The van der Waals surface area contributed by atoms with E-state index in [4.69, 9.17) is 15.6 Å². The van der Waals surface area contributed by atoms with Crippen LogP contribution in [0, 0.1) is 36.9 Å². The van der Waals surface area contributed by atoms with Crippen molar-refractivity contribution in [3.8, 4) is 57.1 Å². The SMILES string of the molecule is CC(C)(C)OC(=O)CN1CCN(CC(=O)O)CCN(CC(=O)OC(C)(C)C)CCN(CC(=O)OC(C)(C)C)CC1.CCNC(=O)c1nnc(-c2cc(C(C)C)c(O)cc2O)n1-c1ccc(CN2CCN(C(=O)CN3CCN(CC(=O)O)CCN(CC(=O)O)CCN(CC(=O)O)CC3)CC2)cc1.CCNC(=O)c1nnc(-c2cc(C(C)C)c(O)cc2O)n1-c1ccc(CN2CCNCC2)cc1.[3H]C.[Lu]. The molecule has 4 fully saturated rings. The molecule has 2 aromatic heterocycles. The van der Waals surface area contributed by atoms with Gasteiger partial charge in [0, 0.05) is 245 Å². The molecule has 767 valence electrons. The van der Waals surface area contributed by atoms with Crippen LogP contribution in [-0.4, -0.2) is 423 Å². The van der Waals surface area contributed by atoms with Crippen LogP contribution in [0.25, 0.3) is 34.2 Å². The Labute approximate surface area is 834 Å². The minimum Gasteiger partial charge on any atom is -0.508 e. The first kappa shape index (κ1) is 114. The predicted molar refractivity (Wildman–Crippen MR) is 511 cm³/mol. The van der Waals surface area contributed by atoms with Gasteiger partial charge in [-0.15, -0.1) is 20.4 Å². The molecule has 42 heteroatoms. The van der Waals surface area contributed by atoms with E-state index in [0.29, 0.717) is 190 Å². The topological polar surface area (TPSA) is 493 Å². The summed E-state index contributed by atoms with van der Waals surface area (Å²) < 4.78 is 25.5. The zero-order valence-corrected chi connectivity index (χ0v) is 83.9. The number of hydrogen-bond acceptors (Lipinski definition) is 32. The summed E-state index contributed by atoms with van der Waals surface area (Å²) in [6.07, 6.45) is 0. The fraction of sp³-hybridized carbons (Fsp3) is 0.600. The molecule has 0 unspecified atom stereocenters. The van der Waals surface area contributed by atoms with E-state index in [-0.39, 0.29) is 171 Å². The number of carbonyl (C=O) groups excluding carboxylic acids is 6. The van der Waals surface area contributed by atoms with Crippen molar-refractivity contribution in [2.45, 2.75) is 153 Å². The Morgan fingerprint density at radius 2 is 0.642 bits per heavy atom. The third kappa shape index (κ3) is 38.9. The maximum Gasteiger partial charge on any atom is 0.320 e. The maximum absolute atomic E-state index is 13.7. The Hall–Kier alpha value is -10.1. The number of esters is 3. The minimum absolute atomic E-state index is 0. The van der Waals surface area contributed by atoms with Crippen LogP contribution in [0.2, 0.25) is 0 Å². The van der Waals surface area contributed by atoms with Gasteiger partial charge in [-0.3, -0.25) is 106 Å². The number of phenolic OH excluding ortho intramolecular Hbond substituents is 4. The van der Waals surface area contributed by atoms with E-state index in [1.165, 1.54) is 25.1 Å². The van der Waals surface area contributed by atoms with E-state index in [2.05, 4.69) is 46.1 Å². The number of aromatic nitrogens is 6. The third-order valence-electron chi connectivity index (χ3n) is 22.5. The van der Waals surface area contributed by atoms with Gasteiger partial charge in [-0.25, -0.2) is 0 Å². The Kier molecular flexibility index (Phi) is 45.7. The van der Waals surface area contributed by atoms with Crippen LogP contribution in [0.1, 0.15) is 168 Å². The molecule has 0 bridgehead atoms. The quantitative estimate of drug-likeness (QED) is 0.0211. The number of ether oxygens (including phenoxy) is 3. The molecule has 4 aliphatic heterocycles. The summed E-state index contributed by atoms with van der Waals surface area (Å²) in [5.74, 6) is -5.61. The third-order valence-corrected chi connectivity index (χ3v) is 22.5. The fourth-order valence-corrected chi connectivity index (χ4v) is 15.8. The number of amides is 3. The summed E-state index contributed by atoms with van der Waals surface area (Å²) >= 11 is 0. The van der Waals surface area contributed by atoms with E-state index >= 15 is 0 Å². The second-order valence-corrected chi connectivity index (χ2v) is 37.8. The van der Waals surface area contributed by atoms with Gasteiger partial charge in [0.25, 0.3) is 11.8 Å². The van der Waals surface area contributed by atoms with Gasteiger partial charge in [0.1, 0.15) is 39.8 Å². The van der Waals surface area contributed by atoms with Crippen molar-refractivity contribution < 1.29 is 141 Å². The number of nitrogens with one attached hydrogen (secondary N) is 3. The Morgan fingerprint density at radius 3 is 0.905 bits per heavy atom. The Bertz CT molecular complexity index is 4860. The smallest absolute Gasteiger partial charge is 0.320 e. The van der Waals surface area contributed by atoms with Gasteiger partial charge in [0.2, 0.25) is 17.6 Å². The molecule has 6 aromatic rings. The molecule has 0 aliphatic carbocycles. The van der Waals surface area contributed by atoms with Crippen LogP contribution in [0.3, 0.4) is 0 Å². The van der Waals surface area contributed by atoms with Crippen molar-refractivity contribution in [1.29, 1.82) is 0 Å². The summed E-state index contributed by atoms with van der Waals surface area (Å²) in [4.78, 5) is 145. The van der Waals surface area contributed by atoms with Crippen LogP contribution >= 0.6 is 0 Å². The van der Waals surface area contributed by atoms with E-state index in [1.54, 1.807) is 89.3 Å². The maximum atomic E-state index is 13.7. The molecule has 4 aromatic carbocycles. The van der Waals surface area contributed by atoms with Crippen LogP contribution in [0.4, 0.5) is 0 Å². The number of aliphatic carboxylic acids is 4. The first-order valence-corrected chi connectivity index (χ1v) is 46.2. The zero-order chi connectivity index (χ0) is 101. The molecule has 137 heavy (non-hydrogen) atoms. The molecule has 10 rings (SSSR count). The standard InChI is InChI=1S/C41H58N10O10.C28H52N4O8.C25H32N6O3.CH4.Lu/c1-4-42-41(61)40-44-43-39(32-21-31(28(2)3)33(52)22-34(32)53)51(40)30-7-5-29(6-8-30)23-45-17-19-50(20-18-45)35(54)24-46-9-11-47(25-36(55)56)13-15-49(27-38(59)60)16-14-48(12-10-46)26-37(57)58;1-26(2,3)38-23(35)19-30-12-10-29(18-22(33)34)11-13-31(20-24(36)39-27(4,5)6)15-17-32(16-14-30)21-25(37)40-28(7,8)9;1-4-27-25(34)24-29-28-23(20-13-19(16(2)3)21(32)14-22(20)33)31(24)18-7-5-17(6-8-18)15-30-11-9-26-10-12-30;;/h5-8,21-22,28,52-53H,4,9-20,23-27H2,1-3H3,(H,42,61)(H,55,56)(H,57,58)(H,59,60);10-21H2,1-9H3,(H,33,34);5-8,13-14,16,26,32-33H,4,9-12,15H2,1-3H3,(H,27,34);1H4;/i;;;1T;. The van der Waals surface area contributed by atoms with Gasteiger partial charge in [-0.05, 0) is 147 Å². The molecule has 4 aliphatic rings. The normalized spacial score (nSPS) is 16.6. The largest absolute Gasteiger partial charge is 0.508 e. The summed E-state index contributed by atoms with van der Waals surface area (Å²) in [6, 6.07) is 21.5.